The molecule has 5 bridgehead atoms. The molecular weight excluding hydrogens is 448 g/mol. The van der Waals surface area contributed by atoms with Gasteiger partial charge in [-0.15, -0.1) is 0 Å². The molecule has 0 spiro atoms. The van der Waals surface area contributed by atoms with E-state index in [-0.39, 0.29) is 16.9 Å². The molecule has 2 heterocycles. The Morgan fingerprint density at radius 1 is 1.29 bits per heavy atom. The Hall–Kier alpha value is -2.79. The topological polar surface area (TPSA) is 73.1 Å². The summed E-state index contributed by atoms with van der Waals surface area (Å²) in [6.07, 6.45) is 10.8. The smallest absolute Gasteiger partial charge is 0.339 e. The Bertz CT molecular complexity index is 1160. The van der Waals surface area contributed by atoms with Gasteiger partial charge in [-0.25, -0.2) is 4.79 Å². The van der Waals surface area contributed by atoms with E-state index in [1.807, 2.05) is 6.21 Å². The van der Waals surface area contributed by atoms with Gasteiger partial charge >= 0.3 is 5.97 Å². The van der Waals surface area contributed by atoms with Crippen LogP contribution in [0.2, 0.25) is 0 Å². The number of aromatic carboxylic acids is 1. The highest BCUT2D eigenvalue weighted by atomic mass is 35.5. The second kappa shape index (κ2) is 9.46. The molecule has 2 aliphatic carbocycles. The van der Waals surface area contributed by atoms with Crippen molar-refractivity contribution in [2.75, 3.05) is 6.54 Å². The average Bonchev–Trinajstić information content (AvgIpc) is 3.13. The normalized spacial score (nSPS) is 29.3. The molecule has 5 rings (SSSR count). The summed E-state index contributed by atoms with van der Waals surface area (Å²) in [6, 6.07) is 6.36. The molecular formula is C28H33ClN2O3. The monoisotopic (exact) mass is 480 g/mol. The molecule has 0 radical (unpaired) electrons. The zero-order chi connectivity index (χ0) is 24.6. The van der Waals surface area contributed by atoms with Crippen LogP contribution in [0, 0.1) is 5.92 Å². The van der Waals surface area contributed by atoms with Crippen molar-refractivity contribution in [2.45, 2.75) is 65.0 Å². The number of phenols is 1. The van der Waals surface area contributed by atoms with Crippen molar-refractivity contribution < 1.29 is 15.0 Å². The van der Waals surface area contributed by atoms with Crippen LogP contribution in [0.15, 0.2) is 74.4 Å². The van der Waals surface area contributed by atoms with E-state index in [2.05, 4.69) is 44.7 Å². The second-order valence-electron chi connectivity index (χ2n) is 9.89. The van der Waals surface area contributed by atoms with Gasteiger partial charge in [0.2, 0.25) is 0 Å². The Morgan fingerprint density at radius 3 is 2.68 bits per heavy atom. The summed E-state index contributed by atoms with van der Waals surface area (Å²) in [5, 5.41) is 18.2. The predicted molar refractivity (Wildman–Crippen MR) is 138 cm³/mol. The number of nitrogens with zero attached hydrogens (tertiary/aromatic N) is 2. The molecule has 0 saturated heterocycles. The van der Waals surface area contributed by atoms with Crippen LogP contribution >= 0.6 is 11.6 Å². The first-order chi connectivity index (χ1) is 16.1. The van der Waals surface area contributed by atoms with Gasteiger partial charge < -0.3 is 15.1 Å². The lowest BCUT2D eigenvalue weighted by atomic mass is 9.72. The van der Waals surface area contributed by atoms with Crippen LogP contribution in [-0.4, -0.2) is 45.4 Å². The molecule has 0 fully saturated rings. The Morgan fingerprint density at radius 2 is 2.03 bits per heavy atom. The van der Waals surface area contributed by atoms with Crippen LogP contribution in [0.4, 0.5) is 0 Å². The molecule has 4 aliphatic rings. The Labute approximate surface area is 206 Å². The van der Waals surface area contributed by atoms with Gasteiger partial charge in [0.25, 0.3) is 0 Å². The molecule has 1 aromatic rings. The van der Waals surface area contributed by atoms with Crippen LogP contribution in [0.1, 0.15) is 63.7 Å². The number of carboxylic acids is 1. The van der Waals surface area contributed by atoms with E-state index in [1.54, 1.807) is 23.4 Å². The van der Waals surface area contributed by atoms with Crippen LogP contribution in [0.25, 0.3) is 0 Å². The Kier molecular flexibility index (Phi) is 6.77. The van der Waals surface area contributed by atoms with Gasteiger partial charge in [0.05, 0.1) is 5.54 Å². The highest BCUT2D eigenvalue weighted by Crippen LogP contribution is 2.54. The molecule has 3 unspecified atom stereocenters. The van der Waals surface area contributed by atoms with E-state index >= 15 is 0 Å². The van der Waals surface area contributed by atoms with Crippen molar-refractivity contribution in [3.05, 3.63) is 75.0 Å². The van der Waals surface area contributed by atoms with Crippen molar-refractivity contribution in [1.29, 1.82) is 0 Å². The molecule has 2 aliphatic heterocycles. The van der Waals surface area contributed by atoms with Crippen molar-refractivity contribution in [1.82, 2.24) is 4.90 Å². The highest BCUT2D eigenvalue weighted by molar-refractivity contribution is 6.30. The van der Waals surface area contributed by atoms with Gasteiger partial charge in [0.1, 0.15) is 11.3 Å². The number of halogens is 1. The minimum atomic E-state index is -1.11. The predicted octanol–water partition coefficient (Wildman–Crippen LogP) is 6.47. The van der Waals surface area contributed by atoms with E-state index < -0.39 is 5.97 Å². The summed E-state index contributed by atoms with van der Waals surface area (Å²) in [5.74, 6) is -0.807. The first-order valence-corrected chi connectivity index (χ1v) is 12.3. The van der Waals surface area contributed by atoms with Crippen molar-refractivity contribution >= 4 is 23.8 Å². The van der Waals surface area contributed by atoms with Crippen molar-refractivity contribution in [3.63, 3.8) is 0 Å². The largest absolute Gasteiger partial charge is 0.507 e. The molecule has 6 heteroatoms. The van der Waals surface area contributed by atoms with Gasteiger partial charge in [-0.3, -0.25) is 4.99 Å². The summed E-state index contributed by atoms with van der Waals surface area (Å²) in [7, 11) is 0. The number of fused-ring (bicyclic) bond motifs is 1. The third kappa shape index (κ3) is 4.34. The Balaban J connectivity index is 0.000000231. The van der Waals surface area contributed by atoms with Gasteiger partial charge in [-0.05, 0) is 75.0 Å². The number of carbonyl (C=O) groups is 1. The number of aliphatic imine (C=N–C) groups is 1. The SMILES string of the molecule is CC(C)=CCN1C2=C3CC1C(C)C1(C)/N=C\C/C(Cl)=C\C3=C1CC2.O=C(O)c1ccccc1O. The van der Waals surface area contributed by atoms with E-state index in [9.17, 15) is 4.79 Å². The molecule has 180 valence electrons. The molecule has 5 nitrogen and oxygen atoms in total. The van der Waals surface area contributed by atoms with Crippen LogP contribution in [-0.2, 0) is 0 Å². The second-order valence-corrected chi connectivity index (χ2v) is 10.4. The number of benzene rings is 1. The molecule has 1 aromatic carbocycles. The molecule has 34 heavy (non-hydrogen) atoms. The fourth-order valence-corrected chi connectivity index (χ4v) is 5.82. The number of carboxylic acid groups (broad SMARTS) is 1. The quantitative estimate of drug-likeness (QED) is 0.486. The number of rotatable bonds is 3. The minimum absolute atomic E-state index is 0.0671. The maximum atomic E-state index is 10.3. The van der Waals surface area contributed by atoms with E-state index in [1.165, 1.54) is 28.9 Å². The number of hydrogen-bond acceptors (Lipinski definition) is 4. The maximum absolute atomic E-state index is 10.3. The summed E-state index contributed by atoms with van der Waals surface area (Å²) in [5.41, 5.74) is 7.28. The average molecular weight is 481 g/mol. The third-order valence-electron chi connectivity index (χ3n) is 7.62. The number of para-hydroxylation sites is 1. The zero-order valence-electron chi connectivity index (χ0n) is 20.3. The van der Waals surface area contributed by atoms with Crippen LogP contribution in [0.5, 0.6) is 5.75 Å². The zero-order valence-corrected chi connectivity index (χ0v) is 21.1. The van der Waals surface area contributed by atoms with E-state index in [4.69, 9.17) is 26.8 Å². The number of aromatic hydroxyl groups is 1. The third-order valence-corrected chi connectivity index (χ3v) is 7.89. The summed E-state index contributed by atoms with van der Waals surface area (Å²) in [6.45, 7) is 10.2. The summed E-state index contributed by atoms with van der Waals surface area (Å²) < 4.78 is 0. The first kappa shape index (κ1) is 24.3. The lowest BCUT2D eigenvalue weighted by Gasteiger charge is -2.46. The summed E-state index contributed by atoms with van der Waals surface area (Å²) >= 11 is 6.48. The van der Waals surface area contributed by atoms with Crippen molar-refractivity contribution in [2.24, 2.45) is 10.9 Å². The van der Waals surface area contributed by atoms with Gasteiger partial charge in [0, 0.05) is 41.9 Å². The van der Waals surface area contributed by atoms with E-state index in [0.717, 1.165) is 37.3 Å². The van der Waals surface area contributed by atoms with Crippen LogP contribution < -0.4 is 0 Å². The van der Waals surface area contributed by atoms with Crippen molar-refractivity contribution in [3.8, 4) is 5.75 Å². The van der Waals surface area contributed by atoms with Crippen LogP contribution in [0.3, 0.4) is 0 Å². The fraction of sp³-hybridized carbons (Fsp3) is 0.429. The van der Waals surface area contributed by atoms with Gasteiger partial charge in [-0.2, -0.15) is 0 Å². The standard InChI is InChI=1S/C21H27ClN2.C7H6O3/c1-13(2)8-10-24-19-6-5-18-16-11-15(22)7-9-23-21(18,4)14(3)20(24)12-17(16)19;8-6-4-2-1-3-5(6)7(9)10/h8-9,11,14,20H,5-7,10,12H2,1-4H3;1-4,8H,(H,9,10)/b15-11+,23-9-;. The maximum Gasteiger partial charge on any atom is 0.339 e. The number of allylic oxidation sites excluding steroid dienone is 5. The highest BCUT2D eigenvalue weighted by Gasteiger charge is 2.51. The number of likely N-dealkylation sites (tertiary alicyclic amines) is 1. The molecule has 0 saturated carbocycles. The lowest BCUT2D eigenvalue weighted by Crippen LogP contribution is -2.48. The lowest BCUT2D eigenvalue weighted by molar-refractivity contribution is 0.0693. The minimum Gasteiger partial charge on any atom is -0.507 e. The van der Waals surface area contributed by atoms with E-state index in [0.29, 0.717) is 12.0 Å². The van der Waals surface area contributed by atoms with Gasteiger partial charge in [-0.1, -0.05) is 42.3 Å². The molecule has 0 amide bonds. The molecule has 2 N–H and O–H groups in total. The fourth-order valence-electron chi connectivity index (χ4n) is 5.64. The van der Waals surface area contributed by atoms with Gasteiger partial charge in [0.15, 0.2) is 0 Å². The first-order valence-electron chi connectivity index (χ1n) is 11.9. The molecule has 3 atom stereocenters. The summed E-state index contributed by atoms with van der Waals surface area (Å²) in [4.78, 5) is 18.0. The molecule has 0 aromatic heterocycles. The number of hydrogen-bond donors (Lipinski definition) is 2.